The lowest BCUT2D eigenvalue weighted by atomic mass is 10.0. The number of nitrogens with zero attached hydrogens (tertiary/aromatic N) is 2. The van der Waals surface area contributed by atoms with E-state index in [4.69, 9.17) is 28.9 Å². The molecule has 0 amide bonds. The maximum atomic E-state index is 10.1. The summed E-state index contributed by atoms with van der Waals surface area (Å²) in [6.45, 7) is 1.24. The number of aromatic hydroxyl groups is 1. The van der Waals surface area contributed by atoms with Crippen molar-refractivity contribution in [2.45, 2.75) is 13.1 Å². The van der Waals surface area contributed by atoms with Crippen LogP contribution < -0.4 is 11.1 Å². The molecule has 19 heavy (non-hydrogen) atoms. The summed E-state index contributed by atoms with van der Waals surface area (Å²) in [4.78, 5) is 8.38. The third-order valence-electron chi connectivity index (χ3n) is 2.98. The summed E-state index contributed by atoms with van der Waals surface area (Å²) in [6.07, 6.45) is 0. The van der Waals surface area contributed by atoms with E-state index >= 15 is 0 Å². The van der Waals surface area contributed by atoms with Gasteiger partial charge in [0.1, 0.15) is 5.75 Å². The Hall–Kier alpha value is -1.56. The summed E-state index contributed by atoms with van der Waals surface area (Å²) in [6, 6.07) is 2.99. The molecule has 3 rings (SSSR count). The Balaban J connectivity index is 2.29. The molecule has 0 spiro atoms. The summed E-state index contributed by atoms with van der Waals surface area (Å²) in [7, 11) is 0. The number of rotatable bonds is 1. The second kappa shape index (κ2) is 4.52. The van der Waals surface area contributed by atoms with Crippen LogP contribution in [0.5, 0.6) is 5.75 Å². The molecule has 1 aliphatic rings. The monoisotopic (exact) mass is 296 g/mol. The number of hydrogen-bond acceptors (Lipinski definition) is 5. The summed E-state index contributed by atoms with van der Waals surface area (Å²) < 4.78 is 0. The number of hydrogen-bond donors (Lipinski definition) is 3. The number of nitrogen functional groups attached to an aromatic ring is 1. The second-order valence-electron chi connectivity index (χ2n) is 4.24. The smallest absolute Gasteiger partial charge is 0.220 e. The lowest BCUT2D eigenvalue weighted by Crippen LogP contribution is -2.03. The van der Waals surface area contributed by atoms with Gasteiger partial charge in [-0.05, 0) is 12.1 Å². The van der Waals surface area contributed by atoms with Gasteiger partial charge in [-0.15, -0.1) is 0 Å². The Morgan fingerprint density at radius 3 is 2.74 bits per heavy atom. The van der Waals surface area contributed by atoms with Crippen molar-refractivity contribution in [2.24, 2.45) is 0 Å². The molecule has 0 radical (unpaired) electrons. The minimum Gasteiger partial charge on any atom is -0.507 e. The minimum atomic E-state index is -0.0234. The highest BCUT2D eigenvalue weighted by atomic mass is 35.5. The van der Waals surface area contributed by atoms with Gasteiger partial charge in [0.05, 0.1) is 22.0 Å². The van der Waals surface area contributed by atoms with Gasteiger partial charge in [-0.3, -0.25) is 0 Å². The second-order valence-corrected chi connectivity index (χ2v) is 5.08. The largest absolute Gasteiger partial charge is 0.507 e. The third-order valence-corrected chi connectivity index (χ3v) is 3.49. The molecule has 2 aromatic rings. The number of benzene rings is 1. The fourth-order valence-electron chi connectivity index (χ4n) is 2.19. The maximum Gasteiger partial charge on any atom is 0.220 e. The molecule has 7 heteroatoms. The van der Waals surface area contributed by atoms with E-state index in [2.05, 4.69) is 15.3 Å². The van der Waals surface area contributed by atoms with E-state index in [0.29, 0.717) is 34.4 Å². The standard InChI is InChI=1S/C12H10Cl2N4O/c13-5-1-7(14)10(9(19)2-5)11-6-3-16-4-8(6)17-12(15)18-11/h1-2,16,19H,3-4H2,(H2,15,17,18). The number of nitrogens with two attached hydrogens (primary N) is 1. The number of halogens is 2. The molecule has 0 unspecified atom stereocenters. The van der Waals surface area contributed by atoms with Crippen molar-refractivity contribution in [3.8, 4) is 17.0 Å². The van der Waals surface area contributed by atoms with Gasteiger partial charge in [0.25, 0.3) is 0 Å². The zero-order valence-corrected chi connectivity index (χ0v) is 11.3. The highest BCUT2D eigenvalue weighted by Gasteiger charge is 2.23. The number of anilines is 1. The van der Waals surface area contributed by atoms with Crippen molar-refractivity contribution in [2.75, 3.05) is 5.73 Å². The van der Waals surface area contributed by atoms with Crippen LogP contribution in [0.1, 0.15) is 11.3 Å². The van der Waals surface area contributed by atoms with E-state index in [0.717, 1.165) is 11.3 Å². The third kappa shape index (κ3) is 2.10. The molecule has 0 saturated heterocycles. The number of phenolic OH excluding ortho intramolecular Hbond substituents is 1. The van der Waals surface area contributed by atoms with Crippen LogP contribution >= 0.6 is 23.2 Å². The summed E-state index contributed by atoms with van der Waals surface area (Å²) >= 11 is 12.0. The van der Waals surface area contributed by atoms with Crippen molar-refractivity contribution < 1.29 is 5.11 Å². The summed E-state index contributed by atoms with van der Waals surface area (Å²) in [5, 5.41) is 13.9. The minimum absolute atomic E-state index is 0.0234. The SMILES string of the molecule is Nc1nc2c(c(-c3c(O)cc(Cl)cc3Cl)n1)CNC2. The van der Waals surface area contributed by atoms with E-state index < -0.39 is 0 Å². The van der Waals surface area contributed by atoms with Crippen LogP contribution in [0.3, 0.4) is 0 Å². The van der Waals surface area contributed by atoms with Gasteiger partial charge in [0.2, 0.25) is 5.95 Å². The number of aromatic nitrogens is 2. The van der Waals surface area contributed by atoms with Gasteiger partial charge in [-0.2, -0.15) is 0 Å². The average Bonchev–Trinajstić information content (AvgIpc) is 2.75. The van der Waals surface area contributed by atoms with Gasteiger partial charge in [-0.1, -0.05) is 23.2 Å². The van der Waals surface area contributed by atoms with Crippen LogP contribution in [0.2, 0.25) is 10.0 Å². The van der Waals surface area contributed by atoms with Crippen molar-refractivity contribution >= 4 is 29.2 Å². The molecular formula is C12H10Cl2N4O. The van der Waals surface area contributed by atoms with Crippen LogP contribution in [-0.2, 0) is 13.1 Å². The maximum absolute atomic E-state index is 10.1. The molecule has 0 atom stereocenters. The van der Waals surface area contributed by atoms with Gasteiger partial charge in [0.15, 0.2) is 0 Å². The Kier molecular flexibility index (Phi) is 2.97. The predicted octanol–water partition coefficient (Wildman–Crippen LogP) is 2.34. The van der Waals surface area contributed by atoms with Crippen molar-refractivity contribution in [1.29, 1.82) is 0 Å². The van der Waals surface area contributed by atoms with Crippen molar-refractivity contribution in [3.63, 3.8) is 0 Å². The Labute approximate surface area is 119 Å². The Morgan fingerprint density at radius 2 is 2.00 bits per heavy atom. The van der Waals surface area contributed by atoms with E-state index in [1.807, 2.05) is 0 Å². The lowest BCUT2D eigenvalue weighted by molar-refractivity contribution is 0.477. The topological polar surface area (TPSA) is 84.1 Å². The van der Waals surface area contributed by atoms with Gasteiger partial charge >= 0.3 is 0 Å². The first-order valence-electron chi connectivity index (χ1n) is 5.60. The van der Waals surface area contributed by atoms with Crippen molar-refractivity contribution in [1.82, 2.24) is 15.3 Å². The van der Waals surface area contributed by atoms with Crippen LogP contribution in [-0.4, -0.2) is 15.1 Å². The molecule has 0 aliphatic carbocycles. The van der Waals surface area contributed by atoms with Crippen LogP contribution in [0.25, 0.3) is 11.3 Å². The molecular weight excluding hydrogens is 287 g/mol. The lowest BCUT2D eigenvalue weighted by Gasteiger charge is -2.11. The molecule has 1 aliphatic heterocycles. The summed E-state index contributed by atoms with van der Waals surface area (Å²) in [5.74, 6) is 0.132. The first-order chi connectivity index (χ1) is 9.06. The van der Waals surface area contributed by atoms with Crippen LogP contribution in [0.15, 0.2) is 12.1 Å². The fourth-order valence-corrected chi connectivity index (χ4v) is 2.76. The van der Waals surface area contributed by atoms with Crippen LogP contribution in [0, 0.1) is 0 Å². The molecule has 1 aromatic heterocycles. The average molecular weight is 297 g/mol. The molecule has 2 heterocycles. The highest BCUT2D eigenvalue weighted by Crippen LogP contribution is 2.40. The molecule has 0 bridgehead atoms. The highest BCUT2D eigenvalue weighted by molar-refractivity contribution is 6.36. The van der Waals surface area contributed by atoms with Gasteiger partial charge in [-0.25, -0.2) is 9.97 Å². The molecule has 0 saturated carbocycles. The number of fused-ring (bicyclic) bond motifs is 1. The van der Waals surface area contributed by atoms with Gasteiger partial charge in [0, 0.05) is 23.7 Å². The first-order valence-corrected chi connectivity index (χ1v) is 6.36. The van der Waals surface area contributed by atoms with Crippen LogP contribution in [0.4, 0.5) is 5.95 Å². The van der Waals surface area contributed by atoms with E-state index in [-0.39, 0.29) is 11.7 Å². The van der Waals surface area contributed by atoms with E-state index in [1.165, 1.54) is 6.07 Å². The molecule has 1 aromatic carbocycles. The van der Waals surface area contributed by atoms with E-state index in [1.54, 1.807) is 6.07 Å². The quantitative estimate of drug-likeness (QED) is 0.752. The fraction of sp³-hybridized carbons (Fsp3) is 0.167. The Bertz CT molecular complexity index is 652. The summed E-state index contributed by atoms with van der Waals surface area (Å²) in [5.41, 5.74) is 8.40. The van der Waals surface area contributed by atoms with Crippen molar-refractivity contribution in [3.05, 3.63) is 33.4 Å². The molecule has 5 nitrogen and oxygen atoms in total. The van der Waals surface area contributed by atoms with Gasteiger partial charge < -0.3 is 16.2 Å². The Morgan fingerprint density at radius 1 is 1.21 bits per heavy atom. The number of phenols is 1. The number of nitrogens with one attached hydrogen (secondary N) is 1. The molecule has 98 valence electrons. The normalized spacial score (nSPS) is 13.6. The predicted molar refractivity (Wildman–Crippen MR) is 74.1 cm³/mol. The zero-order valence-electron chi connectivity index (χ0n) is 9.74. The zero-order chi connectivity index (χ0) is 13.6. The van der Waals surface area contributed by atoms with E-state index in [9.17, 15) is 5.11 Å². The molecule has 4 N–H and O–H groups in total. The molecule has 0 fully saturated rings. The first kappa shape index (κ1) is 12.5.